The molecule has 0 bridgehead atoms. The van der Waals surface area contributed by atoms with Crippen LogP contribution in [-0.2, 0) is 20.7 Å². The molecule has 0 radical (unpaired) electrons. The van der Waals surface area contributed by atoms with Gasteiger partial charge in [0, 0.05) is 25.1 Å². The number of rotatable bonds is 7. The summed E-state index contributed by atoms with van der Waals surface area (Å²) in [5.41, 5.74) is 2.32. The molecule has 35 heavy (non-hydrogen) atoms. The highest BCUT2D eigenvalue weighted by molar-refractivity contribution is 6.46. The van der Waals surface area contributed by atoms with Gasteiger partial charge in [-0.3, -0.25) is 9.59 Å². The van der Waals surface area contributed by atoms with Crippen LogP contribution in [0.5, 0.6) is 11.5 Å². The van der Waals surface area contributed by atoms with Gasteiger partial charge in [0.2, 0.25) is 0 Å². The number of nitrogens with zero attached hydrogens (tertiary/aromatic N) is 1. The topological polar surface area (TPSA) is 85.3 Å². The Morgan fingerprint density at radius 3 is 2.69 bits per heavy atom. The fourth-order valence-electron chi connectivity index (χ4n) is 5.11. The van der Waals surface area contributed by atoms with Gasteiger partial charge in [0.1, 0.15) is 23.4 Å². The Balaban J connectivity index is 1.55. The summed E-state index contributed by atoms with van der Waals surface area (Å²) in [6.07, 6.45) is 3.33. The molecule has 2 aromatic rings. The van der Waals surface area contributed by atoms with E-state index in [-0.39, 0.29) is 23.5 Å². The molecule has 3 heterocycles. The molecule has 0 saturated carbocycles. The van der Waals surface area contributed by atoms with E-state index in [4.69, 9.17) is 14.2 Å². The van der Waals surface area contributed by atoms with Crippen molar-refractivity contribution in [2.45, 2.75) is 57.8 Å². The summed E-state index contributed by atoms with van der Waals surface area (Å²) in [6, 6.07) is 12.1. The number of aliphatic hydroxyl groups is 1. The molecule has 2 aromatic carbocycles. The SMILES string of the molecule is CCCOc1ccc([C@@H]2C(=C(O)c3ccc4c(c3)C[C@@H](C)O4)C(=O)C(=O)N2C[C@@H]2CCCO2)cc1. The number of Topliss-reactive ketones (excluding diaryl/α,β-unsaturated/α-hetero) is 1. The maximum atomic E-state index is 13.3. The third kappa shape index (κ3) is 4.52. The zero-order valence-corrected chi connectivity index (χ0v) is 20.2. The van der Waals surface area contributed by atoms with E-state index in [0.717, 1.165) is 48.3 Å². The van der Waals surface area contributed by atoms with Crippen molar-refractivity contribution in [1.29, 1.82) is 0 Å². The number of ether oxygens (including phenoxy) is 3. The van der Waals surface area contributed by atoms with Crippen LogP contribution < -0.4 is 9.47 Å². The van der Waals surface area contributed by atoms with Gasteiger partial charge in [-0.05, 0) is 67.6 Å². The second-order valence-electron chi connectivity index (χ2n) is 9.46. The van der Waals surface area contributed by atoms with Crippen LogP contribution >= 0.6 is 0 Å². The van der Waals surface area contributed by atoms with E-state index in [2.05, 4.69) is 0 Å². The molecule has 3 atom stereocenters. The van der Waals surface area contributed by atoms with E-state index in [1.807, 2.05) is 50.2 Å². The van der Waals surface area contributed by atoms with E-state index < -0.39 is 17.7 Å². The lowest BCUT2D eigenvalue weighted by Crippen LogP contribution is -2.36. The molecule has 7 nitrogen and oxygen atoms in total. The molecule has 184 valence electrons. The van der Waals surface area contributed by atoms with E-state index in [1.54, 1.807) is 11.0 Å². The quantitative estimate of drug-likeness (QED) is 0.362. The van der Waals surface area contributed by atoms with Crippen molar-refractivity contribution in [2.75, 3.05) is 19.8 Å². The van der Waals surface area contributed by atoms with E-state index in [1.165, 1.54) is 0 Å². The fourth-order valence-corrected chi connectivity index (χ4v) is 5.11. The molecule has 3 aliphatic rings. The minimum Gasteiger partial charge on any atom is -0.507 e. The van der Waals surface area contributed by atoms with Crippen molar-refractivity contribution < 1.29 is 28.9 Å². The predicted molar refractivity (Wildman–Crippen MR) is 130 cm³/mol. The fraction of sp³-hybridized carbons (Fsp3) is 0.429. The molecule has 1 N–H and O–H groups in total. The standard InChI is InChI=1S/C28H31NO6/c1-3-12-33-21-9-6-18(7-10-21)25-24(27(31)28(32)29(25)16-22-5-4-13-34-22)26(30)19-8-11-23-20(15-19)14-17(2)35-23/h6-11,15,17,22,25,30H,3-5,12-14,16H2,1-2H3/t17-,22+,25-/m1/s1. The lowest BCUT2D eigenvalue weighted by molar-refractivity contribution is -0.140. The second kappa shape index (κ2) is 9.74. The smallest absolute Gasteiger partial charge is 0.295 e. The first-order valence-corrected chi connectivity index (χ1v) is 12.4. The zero-order chi connectivity index (χ0) is 24.5. The molecule has 0 aromatic heterocycles. The lowest BCUT2D eigenvalue weighted by atomic mass is 9.94. The van der Waals surface area contributed by atoms with Crippen molar-refractivity contribution >= 4 is 17.4 Å². The van der Waals surface area contributed by atoms with Crippen LogP contribution in [0.25, 0.3) is 5.76 Å². The number of fused-ring (bicyclic) bond motifs is 1. The van der Waals surface area contributed by atoms with Gasteiger partial charge in [-0.1, -0.05) is 19.1 Å². The first-order chi connectivity index (χ1) is 17.0. The first kappa shape index (κ1) is 23.4. The Morgan fingerprint density at radius 2 is 1.97 bits per heavy atom. The Kier molecular flexibility index (Phi) is 6.52. The summed E-state index contributed by atoms with van der Waals surface area (Å²) >= 11 is 0. The molecule has 2 saturated heterocycles. The van der Waals surface area contributed by atoms with Crippen LogP contribution in [0.1, 0.15) is 55.8 Å². The van der Waals surface area contributed by atoms with E-state index >= 15 is 0 Å². The largest absolute Gasteiger partial charge is 0.507 e. The van der Waals surface area contributed by atoms with E-state index in [0.29, 0.717) is 25.3 Å². The van der Waals surface area contributed by atoms with Crippen molar-refractivity contribution in [3.8, 4) is 11.5 Å². The van der Waals surface area contributed by atoms with Crippen LogP contribution in [0.3, 0.4) is 0 Å². The van der Waals surface area contributed by atoms with Gasteiger partial charge in [-0.2, -0.15) is 0 Å². The van der Waals surface area contributed by atoms with Gasteiger partial charge in [0.25, 0.3) is 11.7 Å². The lowest BCUT2D eigenvalue weighted by Gasteiger charge is -2.27. The molecule has 0 spiro atoms. The molecular weight excluding hydrogens is 446 g/mol. The number of hydrogen-bond donors (Lipinski definition) is 1. The van der Waals surface area contributed by atoms with Crippen LogP contribution in [0.2, 0.25) is 0 Å². The average Bonchev–Trinajstić information content (AvgIpc) is 3.57. The minimum atomic E-state index is -0.706. The van der Waals surface area contributed by atoms with Crippen LogP contribution in [0, 0.1) is 0 Å². The highest BCUT2D eigenvalue weighted by atomic mass is 16.5. The van der Waals surface area contributed by atoms with Gasteiger partial charge in [0.05, 0.1) is 24.3 Å². The summed E-state index contributed by atoms with van der Waals surface area (Å²) in [4.78, 5) is 28.0. The summed E-state index contributed by atoms with van der Waals surface area (Å²) in [5.74, 6) is 0.0433. The summed E-state index contributed by atoms with van der Waals surface area (Å²) < 4.78 is 17.2. The molecule has 5 rings (SSSR count). The number of amides is 1. The average molecular weight is 478 g/mol. The number of hydrogen-bond acceptors (Lipinski definition) is 6. The maximum Gasteiger partial charge on any atom is 0.295 e. The summed E-state index contributed by atoms with van der Waals surface area (Å²) in [7, 11) is 0. The number of carbonyl (C=O) groups excluding carboxylic acids is 2. The minimum absolute atomic E-state index is 0.0628. The zero-order valence-electron chi connectivity index (χ0n) is 20.2. The van der Waals surface area contributed by atoms with E-state index in [9.17, 15) is 14.7 Å². The number of benzene rings is 2. The Labute approximate surface area is 205 Å². The van der Waals surface area contributed by atoms with Crippen LogP contribution in [0.15, 0.2) is 48.0 Å². The Bertz CT molecular complexity index is 1150. The molecule has 2 fully saturated rings. The molecule has 7 heteroatoms. The van der Waals surface area contributed by atoms with Gasteiger partial charge in [-0.25, -0.2) is 0 Å². The predicted octanol–water partition coefficient (Wildman–Crippen LogP) is 4.40. The van der Waals surface area contributed by atoms with Crippen molar-refractivity contribution in [3.63, 3.8) is 0 Å². The number of ketones is 1. The summed E-state index contributed by atoms with van der Waals surface area (Å²) in [6.45, 7) is 5.59. The van der Waals surface area contributed by atoms with Crippen LogP contribution in [-0.4, -0.2) is 53.7 Å². The van der Waals surface area contributed by atoms with Crippen molar-refractivity contribution in [2.24, 2.45) is 0 Å². The molecular formula is C28H31NO6. The van der Waals surface area contributed by atoms with Crippen molar-refractivity contribution in [3.05, 3.63) is 64.7 Å². The number of likely N-dealkylation sites (tertiary alicyclic amines) is 1. The molecule has 3 aliphatic heterocycles. The Morgan fingerprint density at radius 1 is 1.17 bits per heavy atom. The third-order valence-corrected chi connectivity index (χ3v) is 6.80. The number of aliphatic hydroxyl groups excluding tert-OH is 1. The third-order valence-electron chi connectivity index (χ3n) is 6.80. The van der Waals surface area contributed by atoms with Gasteiger partial charge in [0.15, 0.2) is 0 Å². The van der Waals surface area contributed by atoms with Gasteiger partial charge < -0.3 is 24.2 Å². The molecule has 1 amide bonds. The molecule has 0 aliphatic carbocycles. The normalized spacial score (nSPS) is 25.1. The highest BCUT2D eigenvalue weighted by Gasteiger charge is 2.47. The maximum absolute atomic E-state index is 13.3. The monoisotopic (exact) mass is 477 g/mol. The summed E-state index contributed by atoms with van der Waals surface area (Å²) in [5, 5.41) is 11.4. The van der Waals surface area contributed by atoms with Crippen molar-refractivity contribution in [1.82, 2.24) is 4.90 Å². The van der Waals surface area contributed by atoms with Crippen LogP contribution in [0.4, 0.5) is 0 Å². The highest BCUT2D eigenvalue weighted by Crippen LogP contribution is 2.41. The Hall–Kier alpha value is -3.32. The van der Waals surface area contributed by atoms with Gasteiger partial charge >= 0.3 is 0 Å². The first-order valence-electron chi connectivity index (χ1n) is 12.4. The van der Waals surface area contributed by atoms with Gasteiger partial charge in [-0.15, -0.1) is 0 Å². The molecule has 0 unspecified atom stereocenters. The second-order valence-corrected chi connectivity index (χ2v) is 9.46. The number of carbonyl (C=O) groups is 2.